The highest BCUT2D eigenvalue weighted by molar-refractivity contribution is 5.98. The first-order chi connectivity index (χ1) is 9.70. The number of Topliss-reactive ketones (excluding diaryl/α,β-unsaturated/α-hetero) is 1. The summed E-state index contributed by atoms with van der Waals surface area (Å²) in [5.74, 6) is 0.579. The number of phenols is 1. The summed E-state index contributed by atoms with van der Waals surface area (Å²) < 4.78 is 4.99. The van der Waals surface area contributed by atoms with Crippen molar-refractivity contribution < 1.29 is 14.6 Å². The van der Waals surface area contributed by atoms with E-state index < -0.39 is 0 Å². The number of hydrogen-bond donors (Lipinski definition) is 1. The zero-order chi connectivity index (χ0) is 14.4. The molecule has 4 nitrogen and oxygen atoms in total. The van der Waals surface area contributed by atoms with Crippen LogP contribution in [0.15, 0.2) is 53.5 Å². The Bertz CT molecular complexity index is 621. The van der Waals surface area contributed by atoms with Crippen LogP contribution in [-0.4, -0.2) is 30.8 Å². The van der Waals surface area contributed by atoms with Gasteiger partial charge < -0.3 is 9.84 Å². The predicted octanol–water partition coefficient (Wildman–Crippen LogP) is 2.70. The number of phenolic OH excluding ortho intramolecular Hbond substituents is 1. The molecule has 2 rings (SSSR count). The van der Waals surface area contributed by atoms with Gasteiger partial charge in [-0.2, -0.15) is 0 Å². The van der Waals surface area contributed by atoms with E-state index in [9.17, 15) is 9.90 Å². The number of ether oxygens (including phenoxy) is 1. The molecule has 0 aromatic heterocycles. The van der Waals surface area contributed by atoms with Crippen LogP contribution in [0.25, 0.3) is 0 Å². The van der Waals surface area contributed by atoms with Crippen molar-refractivity contribution in [1.82, 2.24) is 0 Å². The van der Waals surface area contributed by atoms with Crippen LogP contribution in [0.5, 0.6) is 11.5 Å². The van der Waals surface area contributed by atoms with Crippen molar-refractivity contribution in [3.63, 3.8) is 0 Å². The Morgan fingerprint density at radius 1 is 1.25 bits per heavy atom. The molecule has 0 aliphatic carbocycles. The van der Waals surface area contributed by atoms with Gasteiger partial charge in [0.15, 0.2) is 5.78 Å². The van der Waals surface area contributed by atoms with E-state index in [0.717, 1.165) is 0 Å². The molecule has 0 fully saturated rings. The Morgan fingerprint density at radius 2 is 2.00 bits per heavy atom. The highest BCUT2D eigenvalue weighted by atomic mass is 16.5. The number of ketones is 1. The molecule has 0 heterocycles. The lowest BCUT2D eigenvalue weighted by molar-refractivity contribution is 0.100. The summed E-state index contributed by atoms with van der Waals surface area (Å²) in [6, 6.07) is 13.9. The molecular weight excluding hydrogens is 254 g/mol. The molecule has 0 aliphatic rings. The Labute approximate surface area is 117 Å². The number of aromatic hydroxyl groups is 1. The fraction of sp³-hybridized carbons (Fsp3) is 0.125. The van der Waals surface area contributed by atoms with Crippen molar-refractivity contribution in [2.24, 2.45) is 4.99 Å². The van der Waals surface area contributed by atoms with Gasteiger partial charge in [-0.3, -0.25) is 9.79 Å². The summed E-state index contributed by atoms with van der Waals surface area (Å²) in [7, 11) is 1.53. The fourth-order valence-electron chi connectivity index (χ4n) is 1.70. The minimum absolute atomic E-state index is 0.0511. The van der Waals surface area contributed by atoms with Gasteiger partial charge in [0.2, 0.25) is 0 Å². The molecule has 2 aromatic carbocycles. The standard InChI is InChI=1S/C16H15NO3/c1-20-14-8-7-13(15(18)9-14)10-17-11-16(19)12-5-3-2-4-6-12/h2-10,18H,11H2,1H3. The topological polar surface area (TPSA) is 58.9 Å². The lowest BCUT2D eigenvalue weighted by atomic mass is 10.1. The molecule has 0 radical (unpaired) electrons. The first-order valence-electron chi connectivity index (χ1n) is 6.16. The molecule has 0 aliphatic heterocycles. The van der Waals surface area contributed by atoms with Crippen molar-refractivity contribution in [3.05, 3.63) is 59.7 Å². The van der Waals surface area contributed by atoms with Crippen LogP contribution >= 0.6 is 0 Å². The summed E-state index contributed by atoms with van der Waals surface area (Å²) in [6.07, 6.45) is 1.48. The van der Waals surface area contributed by atoms with Gasteiger partial charge in [-0.1, -0.05) is 30.3 Å². The maximum atomic E-state index is 11.8. The molecule has 2 aromatic rings. The number of hydrogen-bond acceptors (Lipinski definition) is 4. The molecule has 0 spiro atoms. The predicted molar refractivity (Wildman–Crippen MR) is 77.9 cm³/mol. The molecular formula is C16H15NO3. The van der Waals surface area contributed by atoms with Gasteiger partial charge >= 0.3 is 0 Å². The monoisotopic (exact) mass is 269 g/mol. The summed E-state index contributed by atoms with van der Waals surface area (Å²) >= 11 is 0. The number of carbonyl (C=O) groups excluding carboxylic acids is 1. The van der Waals surface area contributed by atoms with Crippen LogP contribution in [0.3, 0.4) is 0 Å². The van der Waals surface area contributed by atoms with E-state index in [0.29, 0.717) is 16.9 Å². The van der Waals surface area contributed by atoms with Gasteiger partial charge in [-0.15, -0.1) is 0 Å². The van der Waals surface area contributed by atoms with Crippen LogP contribution in [0.2, 0.25) is 0 Å². The van der Waals surface area contributed by atoms with Crippen LogP contribution in [0.1, 0.15) is 15.9 Å². The summed E-state index contributed by atoms with van der Waals surface area (Å²) in [4.78, 5) is 15.9. The number of benzene rings is 2. The van der Waals surface area contributed by atoms with Crippen LogP contribution < -0.4 is 4.74 Å². The second-order valence-corrected chi connectivity index (χ2v) is 4.18. The SMILES string of the molecule is COc1ccc(C=NCC(=O)c2ccccc2)c(O)c1. The molecule has 1 N–H and O–H groups in total. The summed E-state index contributed by atoms with van der Waals surface area (Å²) in [6.45, 7) is 0.0511. The van der Waals surface area contributed by atoms with Gasteiger partial charge in [0.1, 0.15) is 18.0 Å². The van der Waals surface area contributed by atoms with E-state index in [4.69, 9.17) is 4.74 Å². The quantitative estimate of drug-likeness (QED) is 0.670. The summed E-state index contributed by atoms with van der Waals surface area (Å²) in [5.41, 5.74) is 1.18. The molecule has 4 heteroatoms. The van der Waals surface area contributed by atoms with Gasteiger partial charge in [-0.05, 0) is 12.1 Å². The van der Waals surface area contributed by atoms with Crippen LogP contribution in [-0.2, 0) is 0 Å². The lowest BCUT2D eigenvalue weighted by Gasteiger charge is -2.02. The van der Waals surface area contributed by atoms with Gasteiger partial charge in [0.25, 0.3) is 0 Å². The van der Waals surface area contributed by atoms with Gasteiger partial charge in [0.05, 0.1) is 7.11 Å². The maximum absolute atomic E-state index is 11.8. The molecule has 0 atom stereocenters. The number of rotatable bonds is 5. The lowest BCUT2D eigenvalue weighted by Crippen LogP contribution is -2.03. The highest BCUT2D eigenvalue weighted by Crippen LogP contribution is 2.21. The number of aliphatic imine (C=N–C) groups is 1. The molecule has 0 saturated carbocycles. The number of methoxy groups -OCH3 is 1. The van der Waals surface area contributed by atoms with Gasteiger partial charge in [0, 0.05) is 23.4 Å². The molecule has 102 valence electrons. The number of nitrogens with zero attached hydrogens (tertiary/aromatic N) is 1. The average Bonchev–Trinajstić information content (AvgIpc) is 2.49. The van der Waals surface area contributed by atoms with Crippen molar-refractivity contribution in [1.29, 1.82) is 0 Å². The maximum Gasteiger partial charge on any atom is 0.184 e. The Hall–Kier alpha value is -2.62. The first-order valence-corrected chi connectivity index (χ1v) is 6.16. The van der Waals surface area contributed by atoms with Crippen LogP contribution in [0.4, 0.5) is 0 Å². The van der Waals surface area contributed by atoms with Crippen molar-refractivity contribution in [3.8, 4) is 11.5 Å². The zero-order valence-corrected chi connectivity index (χ0v) is 11.1. The summed E-state index contributed by atoms with van der Waals surface area (Å²) in [5, 5.41) is 9.75. The van der Waals surface area contributed by atoms with E-state index in [2.05, 4.69) is 4.99 Å². The Balaban J connectivity index is 2.02. The normalized spacial score (nSPS) is 10.7. The zero-order valence-electron chi connectivity index (χ0n) is 11.1. The van der Waals surface area contributed by atoms with Crippen molar-refractivity contribution in [2.45, 2.75) is 0 Å². The van der Waals surface area contributed by atoms with Crippen LogP contribution in [0, 0.1) is 0 Å². The van der Waals surface area contributed by atoms with E-state index in [1.165, 1.54) is 19.4 Å². The molecule has 0 bridgehead atoms. The number of carbonyl (C=O) groups is 1. The van der Waals surface area contributed by atoms with E-state index >= 15 is 0 Å². The van der Waals surface area contributed by atoms with E-state index in [-0.39, 0.29) is 18.1 Å². The third-order valence-corrected chi connectivity index (χ3v) is 2.80. The molecule has 0 saturated heterocycles. The third kappa shape index (κ3) is 3.45. The second kappa shape index (κ2) is 6.52. The Kier molecular flexibility index (Phi) is 4.50. The fourth-order valence-corrected chi connectivity index (χ4v) is 1.70. The van der Waals surface area contributed by atoms with E-state index in [1.807, 2.05) is 18.2 Å². The van der Waals surface area contributed by atoms with Crippen molar-refractivity contribution in [2.75, 3.05) is 13.7 Å². The van der Waals surface area contributed by atoms with E-state index in [1.54, 1.807) is 24.3 Å². The molecule has 20 heavy (non-hydrogen) atoms. The largest absolute Gasteiger partial charge is 0.507 e. The smallest absolute Gasteiger partial charge is 0.184 e. The highest BCUT2D eigenvalue weighted by Gasteiger charge is 2.04. The minimum atomic E-state index is -0.0603. The third-order valence-electron chi connectivity index (χ3n) is 2.80. The van der Waals surface area contributed by atoms with Gasteiger partial charge in [-0.25, -0.2) is 0 Å². The van der Waals surface area contributed by atoms with Crippen molar-refractivity contribution >= 4 is 12.0 Å². The minimum Gasteiger partial charge on any atom is -0.507 e. The molecule has 0 unspecified atom stereocenters. The molecule has 0 amide bonds. The Morgan fingerprint density at radius 3 is 2.65 bits per heavy atom. The second-order valence-electron chi connectivity index (χ2n) is 4.18. The average molecular weight is 269 g/mol. The first kappa shape index (κ1) is 13.8.